The lowest BCUT2D eigenvalue weighted by Crippen LogP contribution is -2.44. The summed E-state index contributed by atoms with van der Waals surface area (Å²) in [6.07, 6.45) is 3.41. The van der Waals surface area contributed by atoms with Gasteiger partial charge in [0.2, 0.25) is 0 Å². The van der Waals surface area contributed by atoms with E-state index in [1.54, 1.807) is 25.3 Å². The number of urea groups is 1. The summed E-state index contributed by atoms with van der Waals surface area (Å²) in [5.74, 6) is 0.465. The van der Waals surface area contributed by atoms with Crippen LogP contribution in [0.25, 0.3) is 0 Å². The first-order chi connectivity index (χ1) is 10.1. The third-order valence-corrected chi connectivity index (χ3v) is 4.34. The van der Waals surface area contributed by atoms with Gasteiger partial charge in [-0.25, -0.2) is 4.79 Å². The van der Waals surface area contributed by atoms with Gasteiger partial charge < -0.3 is 15.8 Å². The van der Waals surface area contributed by atoms with Gasteiger partial charge in [-0.15, -0.1) is 0 Å². The van der Waals surface area contributed by atoms with E-state index in [1.807, 2.05) is 0 Å². The number of methoxy groups -OCH3 is 1. The molecule has 1 aliphatic heterocycles. The van der Waals surface area contributed by atoms with E-state index in [2.05, 4.69) is 5.32 Å². The van der Waals surface area contributed by atoms with Crippen LogP contribution in [0.2, 0.25) is 0 Å². The number of nitrogen functional groups attached to an aromatic ring is 1. The molecule has 0 atom stereocenters. The van der Waals surface area contributed by atoms with Crippen LogP contribution in [0.4, 0.5) is 10.5 Å². The Kier molecular flexibility index (Phi) is 3.23. The monoisotopic (exact) mass is 289 g/mol. The molecule has 1 spiro atoms. The van der Waals surface area contributed by atoms with Crippen LogP contribution in [0.5, 0.6) is 5.75 Å². The fourth-order valence-electron chi connectivity index (χ4n) is 3.20. The zero-order valence-electron chi connectivity index (χ0n) is 12.0. The molecule has 1 saturated carbocycles. The molecule has 6 nitrogen and oxygen atoms in total. The summed E-state index contributed by atoms with van der Waals surface area (Å²) in [6.45, 7) is 0.204. The molecule has 3 N–H and O–H groups in total. The highest BCUT2D eigenvalue weighted by Crippen LogP contribution is 2.36. The number of imide groups is 1. The van der Waals surface area contributed by atoms with Crippen LogP contribution < -0.4 is 15.8 Å². The highest BCUT2D eigenvalue weighted by atomic mass is 16.5. The Balaban J connectivity index is 1.85. The van der Waals surface area contributed by atoms with Crippen molar-refractivity contribution >= 4 is 17.6 Å². The van der Waals surface area contributed by atoms with E-state index in [4.69, 9.17) is 10.5 Å². The number of carbonyl (C=O) groups excluding carboxylic acids is 2. The van der Waals surface area contributed by atoms with Gasteiger partial charge in [-0.3, -0.25) is 9.69 Å². The van der Waals surface area contributed by atoms with Crippen LogP contribution >= 0.6 is 0 Å². The number of hydrogen-bond acceptors (Lipinski definition) is 4. The summed E-state index contributed by atoms with van der Waals surface area (Å²) in [7, 11) is 1.54. The van der Waals surface area contributed by atoms with Gasteiger partial charge in [0, 0.05) is 17.3 Å². The van der Waals surface area contributed by atoms with E-state index in [0.717, 1.165) is 31.2 Å². The van der Waals surface area contributed by atoms with Crippen LogP contribution in [0.15, 0.2) is 18.2 Å². The molecule has 0 unspecified atom stereocenters. The highest BCUT2D eigenvalue weighted by Gasteiger charge is 2.52. The third kappa shape index (κ3) is 2.20. The van der Waals surface area contributed by atoms with Gasteiger partial charge in [-0.05, 0) is 18.9 Å². The van der Waals surface area contributed by atoms with Crippen molar-refractivity contribution in [3.63, 3.8) is 0 Å². The Morgan fingerprint density at radius 2 is 2.05 bits per heavy atom. The average molecular weight is 289 g/mol. The maximum absolute atomic E-state index is 12.6. The zero-order chi connectivity index (χ0) is 15.0. The Hall–Kier alpha value is -2.24. The molecule has 1 aromatic rings. The standard InChI is InChI=1S/C15H19N3O3/c1-21-12-8-11(16)5-4-10(12)9-18-13(19)15(17-14(18)20)6-2-3-7-15/h4-5,8H,2-3,6-7,9,16H2,1H3,(H,17,20). The van der Waals surface area contributed by atoms with Crippen LogP contribution in [-0.4, -0.2) is 29.5 Å². The number of nitrogens with zero attached hydrogens (tertiary/aromatic N) is 1. The smallest absolute Gasteiger partial charge is 0.325 e. The van der Waals surface area contributed by atoms with Crippen molar-refractivity contribution in [1.29, 1.82) is 0 Å². The second kappa shape index (κ2) is 4.95. The number of ether oxygens (including phenoxy) is 1. The summed E-state index contributed by atoms with van der Waals surface area (Å²) in [6, 6.07) is 4.90. The fraction of sp³-hybridized carbons (Fsp3) is 0.467. The summed E-state index contributed by atoms with van der Waals surface area (Å²) in [5.41, 5.74) is 6.40. The molecule has 1 heterocycles. The normalized spacial score (nSPS) is 20.1. The Morgan fingerprint density at radius 1 is 1.33 bits per heavy atom. The molecule has 6 heteroatoms. The Labute approximate surface area is 123 Å². The molecule has 21 heavy (non-hydrogen) atoms. The predicted octanol–water partition coefficient (Wildman–Crippen LogP) is 1.64. The van der Waals surface area contributed by atoms with Crippen LogP contribution in [-0.2, 0) is 11.3 Å². The summed E-state index contributed by atoms with van der Waals surface area (Å²) in [4.78, 5) is 26.0. The Bertz CT molecular complexity index is 594. The van der Waals surface area contributed by atoms with Crippen molar-refractivity contribution in [2.45, 2.75) is 37.8 Å². The number of benzene rings is 1. The lowest BCUT2D eigenvalue weighted by Gasteiger charge is -2.20. The van der Waals surface area contributed by atoms with Gasteiger partial charge in [-0.2, -0.15) is 0 Å². The highest BCUT2D eigenvalue weighted by molar-refractivity contribution is 6.07. The number of nitrogens with two attached hydrogens (primary N) is 1. The van der Waals surface area contributed by atoms with Crippen LogP contribution in [0.3, 0.4) is 0 Å². The SMILES string of the molecule is COc1cc(N)ccc1CN1C(=O)NC2(CCCC2)C1=O. The van der Waals surface area contributed by atoms with Gasteiger partial charge in [0.15, 0.2) is 0 Å². The minimum Gasteiger partial charge on any atom is -0.496 e. The van der Waals surface area contributed by atoms with Crippen LogP contribution in [0.1, 0.15) is 31.2 Å². The largest absolute Gasteiger partial charge is 0.496 e. The van der Waals surface area contributed by atoms with E-state index in [-0.39, 0.29) is 18.5 Å². The number of nitrogens with one attached hydrogen (secondary N) is 1. The van der Waals surface area contributed by atoms with Gasteiger partial charge >= 0.3 is 6.03 Å². The number of hydrogen-bond donors (Lipinski definition) is 2. The molecular weight excluding hydrogens is 270 g/mol. The predicted molar refractivity (Wildman–Crippen MR) is 77.7 cm³/mol. The molecule has 3 rings (SSSR count). The molecule has 0 aromatic heterocycles. The maximum atomic E-state index is 12.6. The van der Waals surface area contributed by atoms with Gasteiger partial charge in [0.05, 0.1) is 13.7 Å². The molecule has 0 bridgehead atoms. The van der Waals surface area contributed by atoms with Crippen LogP contribution in [0, 0.1) is 0 Å². The van der Waals surface area contributed by atoms with E-state index in [1.165, 1.54) is 4.90 Å². The zero-order valence-corrected chi connectivity index (χ0v) is 12.0. The van der Waals surface area contributed by atoms with E-state index in [9.17, 15) is 9.59 Å². The summed E-state index contributed by atoms with van der Waals surface area (Å²) in [5, 5.41) is 2.87. The first kappa shape index (κ1) is 13.7. The van der Waals surface area contributed by atoms with Crippen molar-refractivity contribution in [2.75, 3.05) is 12.8 Å². The molecular formula is C15H19N3O3. The Morgan fingerprint density at radius 3 is 2.71 bits per heavy atom. The molecule has 2 fully saturated rings. The van der Waals surface area contributed by atoms with Gasteiger partial charge in [-0.1, -0.05) is 18.9 Å². The molecule has 112 valence electrons. The molecule has 3 amide bonds. The van der Waals surface area contributed by atoms with Crippen molar-refractivity contribution in [1.82, 2.24) is 10.2 Å². The minimum absolute atomic E-state index is 0.121. The summed E-state index contributed by atoms with van der Waals surface area (Å²) < 4.78 is 5.27. The first-order valence-electron chi connectivity index (χ1n) is 7.12. The second-order valence-corrected chi connectivity index (χ2v) is 5.68. The molecule has 1 saturated heterocycles. The number of anilines is 1. The first-order valence-corrected chi connectivity index (χ1v) is 7.12. The average Bonchev–Trinajstić information content (AvgIpc) is 3.02. The van der Waals surface area contributed by atoms with E-state index in [0.29, 0.717) is 11.4 Å². The van der Waals surface area contributed by atoms with Crippen molar-refractivity contribution in [3.05, 3.63) is 23.8 Å². The van der Waals surface area contributed by atoms with Gasteiger partial charge in [0.25, 0.3) is 5.91 Å². The quantitative estimate of drug-likeness (QED) is 0.654. The molecule has 2 aliphatic rings. The number of rotatable bonds is 3. The van der Waals surface area contributed by atoms with Crippen molar-refractivity contribution < 1.29 is 14.3 Å². The summed E-state index contributed by atoms with van der Waals surface area (Å²) >= 11 is 0. The van der Waals surface area contributed by atoms with Crippen molar-refractivity contribution in [3.8, 4) is 5.75 Å². The lowest BCUT2D eigenvalue weighted by molar-refractivity contribution is -0.131. The van der Waals surface area contributed by atoms with Crippen molar-refractivity contribution in [2.24, 2.45) is 0 Å². The van der Waals surface area contributed by atoms with Gasteiger partial charge in [0.1, 0.15) is 11.3 Å². The molecule has 1 aliphatic carbocycles. The fourth-order valence-corrected chi connectivity index (χ4v) is 3.20. The van der Waals surface area contributed by atoms with E-state index < -0.39 is 5.54 Å². The van der Waals surface area contributed by atoms with E-state index >= 15 is 0 Å². The second-order valence-electron chi connectivity index (χ2n) is 5.68. The lowest BCUT2D eigenvalue weighted by atomic mass is 9.98. The third-order valence-electron chi connectivity index (χ3n) is 4.34. The molecule has 0 radical (unpaired) electrons. The molecule has 1 aromatic carbocycles. The minimum atomic E-state index is -0.669. The number of carbonyl (C=O) groups is 2. The maximum Gasteiger partial charge on any atom is 0.325 e. The number of amides is 3. The topological polar surface area (TPSA) is 84.7 Å².